The standard InChI is InChI=1S/C16H25Cl/c1-4-9-14(3)12-16(5-2,13-17)15-10-7-6-8-11-15/h6-8,10-11,14H,4-5,9,12-13H2,1-3H3. The number of alkyl halides is 1. The highest BCUT2D eigenvalue weighted by molar-refractivity contribution is 6.18. The van der Waals surface area contributed by atoms with E-state index in [0.29, 0.717) is 0 Å². The maximum atomic E-state index is 6.30. The Labute approximate surface area is 111 Å². The summed E-state index contributed by atoms with van der Waals surface area (Å²) in [5, 5.41) is 0. The van der Waals surface area contributed by atoms with Crippen molar-refractivity contribution in [2.24, 2.45) is 5.92 Å². The number of hydrogen-bond acceptors (Lipinski definition) is 0. The predicted octanol–water partition coefficient (Wildman–Crippen LogP) is 5.40. The van der Waals surface area contributed by atoms with Crippen LogP contribution in [-0.4, -0.2) is 5.88 Å². The summed E-state index contributed by atoms with van der Waals surface area (Å²) < 4.78 is 0. The van der Waals surface area contributed by atoms with Crippen LogP contribution in [0.2, 0.25) is 0 Å². The minimum atomic E-state index is 0.164. The summed E-state index contributed by atoms with van der Waals surface area (Å²) in [7, 11) is 0. The van der Waals surface area contributed by atoms with Crippen LogP contribution in [0.25, 0.3) is 0 Å². The number of benzene rings is 1. The molecule has 0 saturated heterocycles. The normalized spacial score (nSPS) is 16.5. The molecular formula is C16H25Cl. The first-order chi connectivity index (χ1) is 8.18. The molecule has 0 heterocycles. The van der Waals surface area contributed by atoms with Crippen molar-refractivity contribution in [2.75, 3.05) is 5.88 Å². The molecule has 96 valence electrons. The molecule has 0 radical (unpaired) electrons. The van der Waals surface area contributed by atoms with Gasteiger partial charge in [-0.3, -0.25) is 0 Å². The minimum Gasteiger partial charge on any atom is -0.126 e. The summed E-state index contributed by atoms with van der Waals surface area (Å²) in [4.78, 5) is 0. The molecule has 1 aromatic rings. The van der Waals surface area contributed by atoms with Crippen LogP contribution in [0.3, 0.4) is 0 Å². The maximum absolute atomic E-state index is 6.30. The van der Waals surface area contributed by atoms with Crippen molar-refractivity contribution in [2.45, 2.75) is 51.9 Å². The van der Waals surface area contributed by atoms with Crippen molar-refractivity contribution < 1.29 is 0 Å². The fraction of sp³-hybridized carbons (Fsp3) is 0.625. The van der Waals surface area contributed by atoms with Gasteiger partial charge in [0.25, 0.3) is 0 Å². The number of hydrogen-bond donors (Lipinski definition) is 0. The van der Waals surface area contributed by atoms with Gasteiger partial charge in [0, 0.05) is 11.3 Å². The van der Waals surface area contributed by atoms with Crippen LogP contribution in [0.15, 0.2) is 30.3 Å². The molecule has 0 amide bonds. The summed E-state index contributed by atoms with van der Waals surface area (Å²) in [6.07, 6.45) is 4.88. The van der Waals surface area contributed by atoms with Crippen LogP contribution in [0.1, 0.15) is 52.0 Å². The molecule has 0 aliphatic rings. The van der Waals surface area contributed by atoms with E-state index >= 15 is 0 Å². The smallest absolute Gasteiger partial charge is 0.0320 e. The average Bonchev–Trinajstić information content (AvgIpc) is 2.37. The third-order valence-electron chi connectivity index (χ3n) is 3.84. The summed E-state index contributed by atoms with van der Waals surface area (Å²) in [6.45, 7) is 6.87. The van der Waals surface area contributed by atoms with Crippen LogP contribution in [0.4, 0.5) is 0 Å². The molecule has 1 heteroatoms. The van der Waals surface area contributed by atoms with Crippen LogP contribution >= 0.6 is 11.6 Å². The number of rotatable bonds is 7. The zero-order valence-corrected chi connectivity index (χ0v) is 12.1. The molecule has 0 aromatic heterocycles. The molecule has 0 aliphatic heterocycles. The Bertz CT molecular complexity index is 301. The van der Waals surface area contributed by atoms with E-state index in [0.717, 1.165) is 18.2 Å². The summed E-state index contributed by atoms with van der Waals surface area (Å²) in [5.74, 6) is 1.47. The predicted molar refractivity (Wildman–Crippen MR) is 77.8 cm³/mol. The van der Waals surface area contributed by atoms with Gasteiger partial charge >= 0.3 is 0 Å². The van der Waals surface area contributed by atoms with Crippen LogP contribution in [-0.2, 0) is 5.41 Å². The third-order valence-corrected chi connectivity index (χ3v) is 4.35. The van der Waals surface area contributed by atoms with Gasteiger partial charge in [0.05, 0.1) is 0 Å². The van der Waals surface area contributed by atoms with Crippen molar-refractivity contribution in [3.8, 4) is 0 Å². The lowest BCUT2D eigenvalue weighted by atomic mass is 9.73. The van der Waals surface area contributed by atoms with E-state index in [1.165, 1.54) is 24.8 Å². The van der Waals surface area contributed by atoms with Gasteiger partial charge in [-0.05, 0) is 24.3 Å². The monoisotopic (exact) mass is 252 g/mol. The fourth-order valence-electron chi connectivity index (χ4n) is 2.75. The minimum absolute atomic E-state index is 0.164. The first-order valence-corrected chi connectivity index (χ1v) is 7.33. The van der Waals surface area contributed by atoms with Gasteiger partial charge in [0.2, 0.25) is 0 Å². The van der Waals surface area contributed by atoms with E-state index in [-0.39, 0.29) is 5.41 Å². The van der Waals surface area contributed by atoms with E-state index in [1.54, 1.807) is 0 Å². The Morgan fingerprint density at radius 1 is 1.18 bits per heavy atom. The largest absolute Gasteiger partial charge is 0.126 e. The van der Waals surface area contributed by atoms with Gasteiger partial charge in [-0.2, -0.15) is 0 Å². The Balaban J connectivity index is 2.89. The van der Waals surface area contributed by atoms with Crippen LogP contribution in [0.5, 0.6) is 0 Å². The summed E-state index contributed by atoms with van der Waals surface area (Å²) in [5.41, 5.74) is 1.57. The zero-order valence-electron chi connectivity index (χ0n) is 11.4. The first kappa shape index (κ1) is 14.6. The fourth-order valence-corrected chi connectivity index (χ4v) is 3.20. The van der Waals surface area contributed by atoms with Gasteiger partial charge in [-0.1, -0.05) is 63.9 Å². The van der Waals surface area contributed by atoms with E-state index < -0.39 is 0 Å². The van der Waals surface area contributed by atoms with Gasteiger partial charge < -0.3 is 0 Å². The van der Waals surface area contributed by atoms with Gasteiger partial charge in [-0.15, -0.1) is 11.6 Å². The highest BCUT2D eigenvalue weighted by atomic mass is 35.5. The Morgan fingerprint density at radius 2 is 1.82 bits per heavy atom. The van der Waals surface area contributed by atoms with E-state index in [2.05, 4.69) is 51.1 Å². The molecule has 17 heavy (non-hydrogen) atoms. The topological polar surface area (TPSA) is 0 Å². The molecule has 2 unspecified atom stereocenters. The first-order valence-electron chi connectivity index (χ1n) is 6.80. The maximum Gasteiger partial charge on any atom is 0.0320 e. The average molecular weight is 253 g/mol. The molecule has 0 spiro atoms. The molecule has 0 bridgehead atoms. The summed E-state index contributed by atoms with van der Waals surface area (Å²) >= 11 is 6.30. The molecule has 1 rings (SSSR count). The molecule has 0 N–H and O–H groups in total. The van der Waals surface area contributed by atoms with Crippen molar-refractivity contribution in [3.63, 3.8) is 0 Å². The highest BCUT2D eigenvalue weighted by Crippen LogP contribution is 2.36. The Kier molecular flexibility index (Phi) is 6.05. The van der Waals surface area contributed by atoms with Gasteiger partial charge in [-0.25, -0.2) is 0 Å². The Morgan fingerprint density at radius 3 is 2.29 bits per heavy atom. The lowest BCUT2D eigenvalue weighted by molar-refractivity contribution is 0.332. The zero-order chi connectivity index (χ0) is 12.7. The lowest BCUT2D eigenvalue weighted by Gasteiger charge is -2.34. The Hall–Kier alpha value is -0.490. The molecule has 2 atom stereocenters. The SMILES string of the molecule is CCCC(C)CC(CC)(CCl)c1ccccc1. The molecular weight excluding hydrogens is 228 g/mol. The number of halogens is 1. The second kappa shape index (κ2) is 7.06. The van der Waals surface area contributed by atoms with Gasteiger partial charge in [0.15, 0.2) is 0 Å². The quantitative estimate of drug-likeness (QED) is 0.570. The van der Waals surface area contributed by atoms with Crippen molar-refractivity contribution >= 4 is 11.6 Å². The van der Waals surface area contributed by atoms with Crippen molar-refractivity contribution in [3.05, 3.63) is 35.9 Å². The van der Waals surface area contributed by atoms with Crippen molar-refractivity contribution in [1.82, 2.24) is 0 Å². The lowest BCUT2D eigenvalue weighted by Crippen LogP contribution is -2.30. The van der Waals surface area contributed by atoms with Crippen LogP contribution < -0.4 is 0 Å². The van der Waals surface area contributed by atoms with E-state index in [4.69, 9.17) is 11.6 Å². The highest BCUT2D eigenvalue weighted by Gasteiger charge is 2.30. The van der Waals surface area contributed by atoms with Gasteiger partial charge in [0.1, 0.15) is 0 Å². The van der Waals surface area contributed by atoms with Crippen molar-refractivity contribution in [1.29, 1.82) is 0 Å². The third kappa shape index (κ3) is 3.74. The summed E-state index contributed by atoms with van der Waals surface area (Å²) in [6, 6.07) is 10.8. The second-order valence-corrected chi connectivity index (χ2v) is 5.50. The van der Waals surface area contributed by atoms with E-state index in [9.17, 15) is 0 Å². The molecule has 0 aliphatic carbocycles. The van der Waals surface area contributed by atoms with Crippen LogP contribution in [0, 0.1) is 5.92 Å². The molecule has 0 saturated carbocycles. The van der Waals surface area contributed by atoms with E-state index in [1.807, 2.05) is 0 Å². The molecule has 1 aromatic carbocycles. The second-order valence-electron chi connectivity index (χ2n) is 5.23. The molecule has 0 fully saturated rings. The molecule has 0 nitrogen and oxygen atoms in total.